The molecule has 1 aromatic heterocycles. The third kappa shape index (κ3) is 2.65. The number of hydrogen-bond acceptors (Lipinski definition) is 5. The maximum Gasteiger partial charge on any atom is 0.172 e. The Morgan fingerprint density at radius 3 is 2.88 bits per heavy atom. The van der Waals surface area contributed by atoms with Crippen molar-refractivity contribution in [3.8, 4) is 6.07 Å². The van der Waals surface area contributed by atoms with E-state index >= 15 is 0 Å². The second-order valence-corrected chi connectivity index (χ2v) is 4.66. The summed E-state index contributed by atoms with van der Waals surface area (Å²) >= 11 is 5.99. The van der Waals surface area contributed by atoms with Crippen molar-refractivity contribution in [2.24, 2.45) is 0 Å². The lowest BCUT2D eigenvalue weighted by molar-refractivity contribution is 0.414. The van der Waals surface area contributed by atoms with Gasteiger partial charge in [-0.15, -0.1) is 0 Å². The fraction of sp³-hybridized carbons (Fsp3) is 0.545. The van der Waals surface area contributed by atoms with Crippen LogP contribution in [-0.2, 0) is 0 Å². The molecule has 1 aliphatic heterocycles. The first kappa shape index (κ1) is 12.1. The number of rotatable bonds is 2. The number of likely N-dealkylation sites (N-methyl/N-ethyl adjacent to an activating group) is 1. The first-order chi connectivity index (χ1) is 8.10. The van der Waals surface area contributed by atoms with Gasteiger partial charge in [0.15, 0.2) is 16.7 Å². The lowest BCUT2D eigenvalue weighted by atomic mass is 10.2. The monoisotopic (exact) mass is 251 g/mol. The fourth-order valence-corrected chi connectivity index (χ4v) is 2.12. The number of anilines is 1. The van der Waals surface area contributed by atoms with E-state index in [-0.39, 0.29) is 10.8 Å². The average molecular weight is 252 g/mol. The zero-order valence-corrected chi connectivity index (χ0v) is 10.6. The molecule has 0 radical (unpaired) electrons. The first-order valence-corrected chi connectivity index (χ1v) is 5.87. The van der Waals surface area contributed by atoms with E-state index in [9.17, 15) is 0 Å². The van der Waals surface area contributed by atoms with Crippen LogP contribution in [0.2, 0.25) is 5.15 Å². The molecule has 0 aromatic carbocycles. The van der Waals surface area contributed by atoms with Gasteiger partial charge in [-0.05, 0) is 26.9 Å². The Balaban J connectivity index is 2.17. The van der Waals surface area contributed by atoms with Crippen LogP contribution in [-0.4, -0.2) is 41.0 Å². The van der Waals surface area contributed by atoms with E-state index in [4.69, 9.17) is 16.9 Å². The molecule has 1 fully saturated rings. The molecule has 0 aliphatic carbocycles. The number of aryl methyl sites for hydroxylation is 1. The number of halogens is 1. The summed E-state index contributed by atoms with van der Waals surface area (Å²) in [6.07, 6.45) is 1.06. The molecule has 2 rings (SSSR count). The Bertz CT molecular complexity index is 468. The van der Waals surface area contributed by atoms with Crippen LogP contribution in [0.15, 0.2) is 0 Å². The Morgan fingerprint density at radius 1 is 1.53 bits per heavy atom. The number of nitrogens with zero attached hydrogens (tertiary/aromatic N) is 4. The van der Waals surface area contributed by atoms with Crippen LogP contribution in [0.25, 0.3) is 0 Å². The van der Waals surface area contributed by atoms with E-state index in [1.165, 1.54) is 0 Å². The third-order valence-corrected chi connectivity index (χ3v) is 3.13. The topological polar surface area (TPSA) is 64.8 Å². The molecule has 0 spiro atoms. The van der Waals surface area contributed by atoms with Crippen LogP contribution >= 0.6 is 11.6 Å². The Morgan fingerprint density at radius 2 is 2.29 bits per heavy atom. The molecular formula is C11H14ClN5. The molecule has 1 aromatic rings. The number of hydrogen-bond donors (Lipinski definition) is 1. The standard InChI is InChI=1S/C11H14ClN5/c1-7-9(5-13)16-10(12)11(14-7)15-8-3-4-17(2)6-8/h8H,3-4,6H2,1-2H3,(H,14,15). The highest BCUT2D eigenvalue weighted by atomic mass is 35.5. The minimum Gasteiger partial charge on any atom is -0.363 e. The van der Waals surface area contributed by atoms with Crippen molar-refractivity contribution in [2.45, 2.75) is 19.4 Å². The van der Waals surface area contributed by atoms with Crippen molar-refractivity contribution < 1.29 is 0 Å². The molecule has 0 bridgehead atoms. The highest BCUT2D eigenvalue weighted by molar-refractivity contribution is 6.31. The summed E-state index contributed by atoms with van der Waals surface area (Å²) in [6.45, 7) is 3.79. The van der Waals surface area contributed by atoms with Crippen molar-refractivity contribution in [1.29, 1.82) is 5.26 Å². The van der Waals surface area contributed by atoms with Gasteiger partial charge in [-0.25, -0.2) is 9.97 Å². The molecule has 5 nitrogen and oxygen atoms in total. The smallest absolute Gasteiger partial charge is 0.172 e. The van der Waals surface area contributed by atoms with E-state index in [0.29, 0.717) is 17.6 Å². The number of nitriles is 1. The molecule has 1 atom stereocenters. The van der Waals surface area contributed by atoms with Crippen LogP contribution in [0.3, 0.4) is 0 Å². The summed E-state index contributed by atoms with van der Waals surface area (Å²) in [5.74, 6) is 0.573. The van der Waals surface area contributed by atoms with E-state index in [1.54, 1.807) is 6.92 Å². The third-order valence-electron chi connectivity index (χ3n) is 2.87. The highest BCUT2D eigenvalue weighted by Gasteiger charge is 2.21. The second-order valence-electron chi connectivity index (χ2n) is 4.30. The molecule has 0 saturated carbocycles. The molecule has 0 amide bonds. The van der Waals surface area contributed by atoms with E-state index in [1.807, 2.05) is 6.07 Å². The molecule has 1 aliphatic rings. The van der Waals surface area contributed by atoms with Gasteiger partial charge in [0, 0.05) is 12.6 Å². The number of aromatic nitrogens is 2. The zero-order valence-electron chi connectivity index (χ0n) is 9.87. The predicted octanol–water partition coefficient (Wildman–Crippen LogP) is 1.43. The minimum absolute atomic E-state index is 0.265. The Hall–Kier alpha value is -1.38. The van der Waals surface area contributed by atoms with E-state index in [2.05, 4.69) is 27.2 Å². The van der Waals surface area contributed by atoms with Crippen molar-refractivity contribution in [3.05, 3.63) is 16.5 Å². The SMILES string of the molecule is Cc1nc(NC2CCN(C)C2)c(Cl)nc1C#N. The summed E-state index contributed by atoms with van der Waals surface area (Å²) in [6, 6.07) is 2.32. The van der Waals surface area contributed by atoms with Crippen molar-refractivity contribution in [3.63, 3.8) is 0 Å². The summed E-state index contributed by atoms with van der Waals surface area (Å²) in [4.78, 5) is 10.5. The van der Waals surface area contributed by atoms with E-state index < -0.39 is 0 Å². The van der Waals surface area contributed by atoms with Crippen LogP contribution in [0.5, 0.6) is 0 Å². The number of nitrogens with one attached hydrogen (secondary N) is 1. The van der Waals surface area contributed by atoms with Crippen LogP contribution in [0, 0.1) is 18.3 Å². The second kappa shape index (κ2) is 4.86. The summed E-state index contributed by atoms with van der Waals surface area (Å²) < 4.78 is 0. The predicted molar refractivity (Wildman–Crippen MR) is 66.0 cm³/mol. The van der Waals surface area contributed by atoms with Crippen LogP contribution in [0.4, 0.5) is 5.82 Å². The molecule has 1 saturated heterocycles. The Labute approximate surface area is 105 Å². The lowest BCUT2D eigenvalue weighted by Gasteiger charge is -2.14. The molecule has 1 N–H and O–H groups in total. The quantitative estimate of drug-likeness (QED) is 0.861. The van der Waals surface area contributed by atoms with Gasteiger partial charge in [-0.1, -0.05) is 11.6 Å². The molecule has 1 unspecified atom stereocenters. The van der Waals surface area contributed by atoms with Crippen molar-refractivity contribution in [2.75, 3.05) is 25.5 Å². The highest BCUT2D eigenvalue weighted by Crippen LogP contribution is 2.21. The van der Waals surface area contributed by atoms with Gasteiger partial charge in [0.05, 0.1) is 5.69 Å². The van der Waals surface area contributed by atoms with Gasteiger partial charge in [0.1, 0.15) is 6.07 Å². The number of likely N-dealkylation sites (tertiary alicyclic amines) is 1. The van der Waals surface area contributed by atoms with Crippen molar-refractivity contribution >= 4 is 17.4 Å². The molecular weight excluding hydrogens is 238 g/mol. The maximum atomic E-state index is 8.81. The molecule has 6 heteroatoms. The average Bonchev–Trinajstić information content (AvgIpc) is 2.69. The Kier molecular flexibility index (Phi) is 3.46. The molecule has 90 valence electrons. The van der Waals surface area contributed by atoms with Gasteiger partial charge in [0.2, 0.25) is 0 Å². The van der Waals surface area contributed by atoms with E-state index in [0.717, 1.165) is 19.5 Å². The normalized spacial score (nSPS) is 20.2. The van der Waals surface area contributed by atoms with Gasteiger partial charge in [0.25, 0.3) is 0 Å². The van der Waals surface area contributed by atoms with Gasteiger partial charge >= 0.3 is 0 Å². The van der Waals surface area contributed by atoms with Gasteiger partial charge in [-0.2, -0.15) is 5.26 Å². The summed E-state index contributed by atoms with van der Waals surface area (Å²) in [5.41, 5.74) is 0.884. The van der Waals surface area contributed by atoms with Crippen molar-refractivity contribution in [1.82, 2.24) is 14.9 Å². The fourth-order valence-electron chi connectivity index (χ4n) is 1.94. The lowest BCUT2D eigenvalue weighted by Crippen LogP contribution is -2.24. The van der Waals surface area contributed by atoms with Crippen LogP contribution < -0.4 is 5.32 Å². The zero-order chi connectivity index (χ0) is 12.4. The van der Waals surface area contributed by atoms with Gasteiger partial charge < -0.3 is 10.2 Å². The summed E-state index contributed by atoms with van der Waals surface area (Å²) in [7, 11) is 2.08. The minimum atomic E-state index is 0.265. The van der Waals surface area contributed by atoms with Crippen LogP contribution in [0.1, 0.15) is 17.8 Å². The molecule has 17 heavy (non-hydrogen) atoms. The summed E-state index contributed by atoms with van der Waals surface area (Å²) in [5, 5.41) is 12.4. The molecule has 2 heterocycles. The van der Waals surface area contributed by atoms with Gasteiger partial charge in [-0.3, -0.25) is 0 Å². The largest absolute Gasteiger partial charge is 0.363 e. The maximum absolute atomic E-state index is 8.81. The first-order valence-electron chi connectivity index (χ1n) is 5.49.